The second kappa shape index (κ2) is 12.7. The molecule has 0 radical (unpaired) electrons. The molecule has 2 aromatic carbocycles. The number of nitrogens with zero attached hydrogens (tertiary/aromatic N) is 1. The van der Waals surface area contributed by atoms with Gasteiger partial charge in [0.05, 0.1) is 0 Å². The van der Waals surface area contributed by atoms with Gasteiger partial charge in [0.15, 0.2) is 0 Å². The van der Waals surface area contributed by atoms with Crippen LogP contribution in [-0.2, 0) is 14.3 Å². The molecule has 2 aromatic rings. The van der Waals surface area contributed by atoms with Crippen LogP contribution in [-0.4, -0.2) is 41.0 Å². The van der Waals surface area contributed by atoms with Crippen LogP contribution in [0.4, 0.5) is 10.5 Å². The van der Waals surface area contributed by atoms with Gasteiger partial charge in [0.1, 0.15) is 17.7 Å². The van der Waals surface area contributed by atoms with E-state index in [0.29, 0.717) is 13.0 Å². The van der Waals surface area contributed by atoms with Crippen molar-refractivity contribution < 1.29 is 19.1 Å². The number of aryl methyl sites for hydroxylation is 3. The first-order chi connectivity index (χ1) is 17.3. The maximum Gasteiger partial charge on any atom is 0.408 e. The van der Waals surface area contributed by atoms with Crippen molar-refractivity contribution in [2.24, 2.45) is 0 Å². The molecule has 0 aliphatic carbocycles. The minimum atomic E-state index is -0.882. The molecule has 2 unspecified atom stereocenters. The standard InChI is InChI=1S/C30H43N3O4/c1-10-11-18-33(28(35)23(6)31-29(36)37-30(7,8)9)26(24-17-13-14-19(2)22(24)5)27(34)32-25-20(3)15-12-16-21(25)4/h12-17,23,26H,10-11,18H2,1-9H3,(H,31,36)(H,32,34). The minimum Gasteiger partial charge on any atom is -0.444 e. The van der Waals surface area contributed by atoms with Crippen molar-refractivity contribution in [3.8, 4) is 0 Å². The molecule has 0 spiro atoms. The van der Waals surface area contributed by atoms with Crippen LogP contribution in [0.5, 0.6) is 0 Å². The molecule has 2 atom stereocenters. The van der Waals surface area contributed by atoms with E-state index in [0.717, 1.165) is 39.9 Å². The molecule has 7 heteroatoms. The number of carbonyl (C=O) groups is 3. The topological polar surface area (TPSA) is 87.7 Å². The van der Waals surface area contributed by atoms with Gasteiger partial charge in [-0.05, 0) is 89.6 Å². The van der Waals surface area contributed by atoms with E-state index in [1.54, 1.807) is 32.6 Å². The smallest absolute Gasteiger partial charge is 0.408 e. The number of anilines is 1. The molecule has 0 fully saturated rings. The van der Waals surface area contributed by atoms with Crippen molar-refractivity contribution in [1.82, 2.24) is 10.2 Å². The Morgan fingerprint density at radius 3 is 2.08 bits per heavy atom. The van der Waals surface area contributed by atoms with E-state index in [2.05, 4.69) is 10.6 Å². The molecular formula is C30H43N3O4. The summed E-state index contributed by atoms with van der Waals surface area (Å²) in [5.74, 6) is -0.637. The molecule has 0 aliphatic heterocycles. The Morgan fingerprint density at radius 2 is 1.51 bits per heavy atom. The van der Waals surface area contributed by atoms with Crippen LogP contribution in [0, 0.1) is 27.7 Å². The number of hydrogen-bond donors (Lipinski definition) is 2. The van der Waals surface area contributed by atoms with Crippen molar-refractivity contribution in [1.29, 1.82) is 0 Å². The summed E-state index contributed by atoms with van der Waals surface area (Å²) in [4.78, 5) is 41.8. The number of alkyl carbamates (subject to hydrolysis) is 1. The lowest BCUT2D eigenvalue weighted by molar-refractivity contribution is -0.140. The van der Waals surface area contributed by atoms with E-state index in [-0.39, 0.29) is 11.8 Å². The summed E-state index contributed by atoms with van der Waals surface area (Å²) in [6, 6.07) is 9.88. The van der Waals surface area contributed by atoms with Gasteiger partial charge in [0.25, 0.3) is 5.91 Å². The molecule has 2 N–H and O–H groups in total. The van der Waals surface area contributed by atoms with Gasteiger partial charge >= 0.3 is 6.09 Å². The first-order valence-electron chi connectivity index (χ1n) is 13.0. The molecule has 0 aliphatic rings. The Labute approximate surface area is 222 Å². The normalized spacial score (nSPS) is 12.9. The van der Waals surface area contributed by atoms with Gasteiger partial charge in [-0.2, -0.15) is 0 Å². The number of nitrogens with one attached hydrogen (secondary N) is 2. The zero-order chi connectivity index (χ0) is 27.9. The summed E-state index contributed by atoms with van der Waals surface area (Å²) in [5.41, 5.74) is 4.68. The quantitative estimate of drug-likeness (QED) is 0.425. The Hall–Kier alpha value is -3.35. The van der Waals surface area contributed by atoms with Gasteiger partial charge in [0.2, 0.25) is 5.91 Å². The molecule has 0 saturated heterocycles. The number of rotatable bonds is 9. The predicted octanol–water partition coefficient (Wildman–Crippen LogP) is 6.14. The fourth-order valence-corrected chi connectivity index (χ4v) is 4.21. The SMILES string of the molecule is CCCCN(C(=O)C(C)NC(=O)OC(C)(C)C)C(C(=O)Nc1c(C)cccc1C)c1cccc(C)c1C. The summed E-state index contributed by atoms with van der Waals surface area (Å²) >= 11 is 0. The molecule has 3 amide bonds. The third kappa shape index (κ3) is 8.07. The number of amides is 3. The monoisotopic (exact) mass is 509 g/mol. The average Bonchev–Trinajstić information content (AvgIpc) is 2.79. The van der Waals surface area contributed by atoms with Crippen molar-refractivity contribution in [2.45, 2.75) is 92.8 Å². The number of para-hydroxylation sites is 1. The second-order valence-electron chi connectivity index (χ2n) is 10.7. The zero-order valence-electron chi connectivity index (χ0n) is 23.8. The van der Waals surface area contributed by atoms with E-state index in [9.17, 15) is 14.4 Å². The number of unbranched alkanes of at least 4 members (excludes halogenated alkanes) is 1. The van der Waals surface area contributed by atoms with Crippen molar-refractivity contribution in [3.63, 3.8) is 0 Å². The van der Waals surface area contributed by atoms with Gasteiger partial charge in [-0.1, -0.05) is 49.7 Å². The highest BCUT2D eigenvalue weighted by Gasteiger charge is 2.35. The highest BCUT2D eigenvalue weighted by Crippen LogP contribution is 2.30. The molecule has 0 bridgehead atoms. The van der Waals surface area contributed by atoms with Gasteiger partial charge in [0, 0.05) is 12.2 Å². The van der Waals surface area contributed by atoms with Gasteiger partial charge < -0.3 is 20.3 Å². The Balaban J connectivity index is 2.53. The van der Waals surface area contributed by atoms with Crippen LogP contribution in [0.15, 0.2) is 36.4 Å². The second-order valence-corrected chi connectivity index (χ2v) is 10.7. The highest BCUT2D eigenvalue weighted by atomic mass is 16.6. The van der Waals surface area contributed by atoms with Crippen molar-refractivity contribution in [3.05, 3.63) is 64.2 Å². The van der Waals surface area contributed by atoms with E-state index in [1.807, 2.05) is 71.0 Å². The Morgan fingerprint density at radius 1 is 0.946 bits per heavy atom. The van der Waals surface area contributed by atoms with E-state index >= 15 is 0 Å². The first kappa shape index (κ1) is 29.9. The summed E-state index contributed by atoms with van der Waals surface area (Å²) in [7, 11) is 0. The van der Waals surface area contributed by atoms with Gasteiger partial charge in [-0.3, -0.25) is 9.59 Å². The fraction of sp³-hybridized carbons (Fsp3) is 0.500. The number of ether oxygens (including phenoxy) is 1. The Kier molecular flexibility index (Phi) is 10.3. The first-order valence-corrected chi connectivity index (χ1v) is 13.0. The van der Waals surface area contributed by atoms with Gasteiger partial charge in [-0.15, -0.1) is 0 Å². The van der Waals surface area contributed by atoms with Crippen LogP contribution >= 0.6 is 0 Å². The predicted molar refractivity (Wildman–Crippen MR) is 149 cm³/mol. The summed E-state index contributed by atoms with van der Waals surface area (Å²) in [5, 5.41) is 5.75. The number of hydrogen-bond acceptors (Lipinski definition) is 4. The average molecular weight is 510 g/mol. The van der Waals surface area contributed by atoms with Crippen LogP contribution in [0.1, 0.15) is 81.3 Å². The lowest BCUT2D eigenvalue weighted by Gasteiger charge is -2.34. The van der Waals surface area contributed by atoms with E-state index in [4.69, 9.17) is 4.74 Å². The van der Waals surface area contributed by atoms with Crippen molar-refractivity contribution >= 4 is 23.6 Å². The Bertz CT molecular complexity index is 1100. The molecule has 7 nitrogen and oxygen atoms in total. The lowest BCUT2D eigenvalue weighted by atomic mass is 9.94. The number of benzene rings is 2. The van der Waals surface area contributed by atoms with E-state index in [1.165, 1.54) is 0 Å². The molecule has 0 heterocycles. The molecule has 202 valence electrons. The summed E-state index contributed by atoms with van der Waals surface area (Å²) < 4.78 is 5.35. The molecule has 0 aromatic heterocycles. The van der Waals surface area contributed by atoms with Gasteiger partial charge in [-0.25, -0.2) is 4.79 Å². The molecule has 2 rings (SSSR count). The van der Waals surface area contributed by atoms with Crippen LogP contribution in [0.2, 0.25) is 0 Å². The highest BCUT2D eigenvalue weighted by molar-refractivity contribution is 6.00. The minimum absolute atomic E-state index is 0.292. The summed E-state index contributed by atoms with van der Waals surface area (Å²) in [6.07, 6.45) is 0.880. The zero-order valence-corrected chi connectivity index (χ0v) is 23.8. The summed E-state index contributed by atoms with van der Waals surface area (Å²) in [6.45, 7) is 17.2. The molecular weight excluding hydrogens is 466 g/mol. The maximum atomic E-state index is 14.0. The van der Waals surface area contributed by atoms with E-state index < -0.39 is 23.8 Å². The lowest BCUT2D eigenvalue weighted by Crippen LogP contribution is -2.51. The van der Waals surface area contributed by atoms with Crippen molar-refractivity contribution in [2.75, 3.05) is 11.9 Å². The van der Waals surface area contributed by atoms with Crippen LogP contribution in [0.3, 0.4) is 0 Å². The fourth-order valence-electron chi connectivity index (χ4n) is 4.21. The number of carbonyl (C=O) groups excluding carboxylic acids is 3. The van der Waals surface area contributed by atoms with Crippen LogP contribution < -0.4 is 10.6 Å². The largest absolute Gasteiger partial charge is 0.444 e. The maximum absolute atomic E-state index is 14.0. The molecule has 0 saturated carbocycles. The van der Waals surface area contributed by atoms with Crippen LogP contribution in [0.25, 0.3) is 0 Å². The third-order valence-electron chi connectivity index (χ3n) is 6.37. The molecule has 37 heavy (non-hydrogen) atoms. The third-order valence-corrected chi connectivity index (χ3v) is 6.37.